The topological polar surface area (TPSA) is 38.3 Å². The lowest BCUT2D eigenvalue weighted by Crippen LogP contribution is -2.40. The molecular weight excluding hydrogens is 233 g/mol. The van der Waals surface area contributed by atoms with Crippen LogP contribution in [0.3, 0.4) is 0 Å². The maximum atomic E-state index is 13.7. The standard InChI is InChI=1S/C14H18FNO2/c1-14(6-3-7-14)9-16-13(17)11-5-4-10(18-2)8-12(11)15/h4-5,8H,3,6-7,9H2,1-2H3,(H,16,17). The summed E-state index contributed by atoms with van der Waals surface area (Å²) in [5, 5.41) is 2.80. The van der Waals surface area contributed by atoms with E-state index in [4.69, 9.17) is 4.74 Å². The van der Waals surface area contributed by atoms with Crippen LogP contribution in [0.5, 0.6) is 5.75 Å². The second kappa shape index (κ2) is 4.96. The van der Waals surface area contributed by atoms with Crippen LogP contribution in [0.2, 0.25) is 0 Å². The minimum absolute atomic E-state index is 0.0683. The number of carbonyl (C=O) groups excluding carboxylic acids is 1. The van der Waals surface area contributed by atoms with Crippen LogP contribution in [0.25, 0.3) is 0 Å². The first kappa shape index (κ1) is 12.9. The van der Waals surface area contributed by atoms with E-state index < -0.39 is 5.82 Å². The Morgan fingerprint density at radius 1 is 1.50 bits per heavy atom. The monoisotopic (exact) mass is 251 g/mol. The van der Waals surface area contributed by atoms with E-state index in [9.17, 15) is 9.18 Å². The highest BCUT2D eigenvalue weighted by Crippen LogP contribution is 2.39. The van der Waals surface area contributed by atoms with Crippen LogP contribution < -0.4 is 10.1 Å². The summed E-state index contributed by atoms with van der Waals surface area (Å²) in [7, 11) is 1.46. The van der Waals surface area contributed by atoms with Gasteiger partial charge in [0.05, 0.1) is 12.7 Å². The highest BCUT2D eigenvalue weighted by molar-refractivity contribution is 5.94. The Bertz CT molecular complexity index is 455. The lowest BCUT2D eigenvalue weighted by molar-refractivity contribution is 0.0887. The van der Waals surface area contributed by atoms with Gasteiger partial charge in [0.25, 0.3) is 5.91 Å². The molecule has 3 nitrogen and oxygen atoms in total. The van der Waals surface area contributed by atoms with Gasteiger partial charge in [-0.3, -0.25) is 4.79 Å². The summed E-state index contributed by atoms with van der Waals surface area (Å²) < 4.78 is 18.6. The van der Waals surface area contributed by atoms with Gasteiger partial charge in [0.2, 0.25) is 0 Å². The quantitative estimate of drug-likeness (QED) is 0.893. The second-order valence-electron chi connectivity index (χ2n) is 5.19. The average molecular weight is 251 g/mol. The molecule has 0 bridgehead atoms. The van der Waals surface area contributed by atoms with E-state index in [2.05, 4.69) is 12.2 Å². The van der Waals surface area contributed by atoms with Gasteiger partial charge >= 0.3 is 0 Å². The van der Waals surface area contributed by atoms with Crippen LogP contribution in [0.4, 0.5) is 4.39 Å². The Hall–Kier alpha value is -1.58. The van der Waals surface area contributed by atoms with E-state index in [0.717, 1.165) is 12.8 Å². The SMILES string of the molecule is COc1ccc(C(=O)NCC2(C)CCC2)c(F)c1. The first-order valence-electron chi connectivity index (χ1n) is 6.16. The molecule has 2 rings (SSSR count). The van der Waals surface area contributed by atoms with Gasteiger partial charge in [-0.2, -0.15) is 0 Å². The number of benzene rings is 1. The van der Waals surface area contributed by atoms with Gasteiger partial charge in [0.1, 0.15) is 11.6 Å². The van der Waals surface area contributed by atoms with Crippen molar-refractivity contribution in [2.45, 2.75) is 26.2 Å². The van der Waals surface area contributed by atoms with Crippen molar-refractivity contribution in [3.8, 4) is 5.75 Å². The molecule has 0 saturated heterocycles. The van der Waals surface area contributed by atoms with Gasteiger partial charge in [-0.1, -0.05) is 13.3 Å². The van der Waals surface area contributed by atoms with E-state index in [-0.39, 0.29) is 16.9 Å². The van der Waals surface area contributed by atoms with Crippen LogP contribution >= 0.6 is 0 Å². The predicted octanol–water partition coefficient (Wildman–Crippen LogP) is 2.75. The molecule has 0 atom stereocenters. The third-order valence-electron chi connectivity index (χ3n) is 3.66. The first-order valence-corrected chi connectivity index (χ1v) is 6.16. The highest BCUT2D eigenvalue weighted by Gasteiger charge is 2.32. The molecule has 0 spiro atoms. The zero-order valence-corrected chi connectivity index (χ0v) is 10.8. The van der Waals surface area contributed by atoms with E-state index in [1.54, 1.807) is 6.07 Å². The Kier molecular flexibility index (Phi) is 3.55. The van der Waals surface area contributed by atoms with Crippen molar-refractivity contribution in [3.63, 3.8) is 0 Å². The van der Waals surface area contributed by atoms with E-state index in [1.807, 2.05) is 0 Å². The van der Waals surface area contributed by atoms with Crippen molar-refractivity contribution >= 4 is 5.91 Å². The zero-order chi connectivity index (χ0) is 13.2. The number of ether oxygens (including phenoxy) is 1. The third-order valence-corrected chi connectivity index (χ3v) is 3.66. The number of amides is 1. The molecule has 1 amide bonds. The summed E-state index contributed by atoms with van der Waals surface area (Å²) in [6.07, 6.45) is 3.46. The summed E-state index contributed by atoms with van der Waals surface area (Å²) in [5.41, 5.74) is 0.261. The molecule has 1 aromatic carbocycles. The first-order chi connectivity index (χ1) is 8.54. The molecule has 0 radical (unpaired) electrons. The molecule has 0 aromatic heterocycles. The number of carbonyl (C=O) groups is 1. The molecule has 98 valence electrons. The fourth-order valence-corrected chi connectivity index (χ4v) is 2.15. The molecule has 1 saturated carbocycles. The predicted molar refractivity (Wildman–Crippen MR) is 67.2 cm³/mol. The second-order valence-corrected chi connectivity index (χ2v) is 5.19. The number of hydrogen-bond acceptors (Lipinski definition) is 2. The minimum Gasteiger partial charge on any atom is -0.497 e. The summed E-state index contributed by atoms with van der Waals surface area (Å²) in [6, 6.07) is 4.26. The van der Waals surface area contributed by atoms with Crippen molar-refractivity contribution in [2.75, 3.05) is 13.7 Å². The van der Waals surface area contributed by atoms with Crippen LogP contribution in [-0.4, -0.2) is 19.6 Å². The lowest BCUT2D eigenvalue weighted by atomic mass is 9.70. The van der Waals surface area contributed by atoms with Crippen LogP contribution in [-0.2, 0) is 0 Å². The van der Waals surface area contributed by atoms with Crippen molar-refractivity contribution in [3.05, 3.63) is 29.6 Å². The number of hydrogen-bond donors (Lipinski definition) is 1. The van der Waals surface area contributed by atoms with Crippen molar-refractivity contribution in [1.29, 1.82) is 0 Å². The molecule has 1 aliphatic carbocycles. The maximum Gasteiger partial charge on any atom is 0.254 e. The number of rotatable bonds is 4. The van der Waals surface area contributed by atoms with Crippen molar-refractivity contribution in [1.82, 2.24) is 5.32 Å². The minimum atomic E-state index is -0.550. The van der Waals surface area contributed by atoms with Crippen molar-refractivity contribution < 1.29 is 13.9 Å². The number of methoxy groups -OCH3 is 1. The molecule has 0 unspecified atom stereocenters. The molecule has 1 aromatic rings. The third kappa shape index (κ3) is 2.63. The van der Waals surface area contributed by atoms with E-state index >= 15 is 0 Å². The van der Waals surface area contributed by atoms with Gasteiger partial charge in [-0.05, 0) is 30.4 Å². The summed E-state index contributed by atoms with van der Waals surface area (Å²) in [5.74, 6) is -0.496. The van der Waals surface area contributed by atoms with Crippen molar-refractivity contribution in [2.24, 2.45) is 5.41 Å². The fraction of sp³-hybridized carbons (Fsp3) is 0.500. The molecule has 1 fully saturated rings. The molecular formula is C14H18FNO2. The van der Waals surface area contributed by atoms with Crippen LogP contribution in [0.1, 0.15) is 36.5 Å². The Labute approximate surface area is 106 Å². The lowest BCUT2D eigenvalue weighted by Gasteiger charge is -2.38. The Morgan fingerprint density at radius 2 is 2.22 bits per heavy atom. The summed E-state index contributed by atoms with van der Waals surface area (Å²) >= 11 is 0. The van der Waals surface area contributed by atoms with Crippen LogP contribution in [0.15, 0.2) is 18.2 Å². The van der Waals surface area contributed by atoms with Crippen LogP contribution in [0, 0.1) is 11.2 Å². The molecule has 1 aliphatic rings. The molecule has 0 heterocycles. The van der Waals surface area contributed by atoms with E-state index in [0.29, 0.717) is 12.3 Å². The van der Waals surface area contributed by atoms with Gasteiger partial charge < -0.3 is 10.1 Å². The normalized spacial score (nSPS) is 16.8. The fourth-order valence-electron chi connectivity index (χ4n) is 2.15. The number of nitrogens with one attached hydrogen (secondary N) is 1. The molecule has 4 heteroatoms. The van der Waals surface area contributed by atoms with Gasteiger partial charge in [-0.25, -0.2) is 4.39 Å². The Morgan fingerprint density at radius 3 is 2.72 bits per heavy atom. The van der Waals surface area contributed by atoms with Gasteiger partial charge in [-0.15, -0.1) is 0 Å². The molecule has 18 heavy (non-hydrogen) atoms. The average Bonchev–Trinajstić information content (AvgIpc) is 2.33. The van der Waals surface area contributed by atoms with E-state index in [1.165, 1.54) is 25.7 Å². The Balaban J connectivity index is 2.00. The smallest absolute Gasteiger partial charge is 0.254 e. The summed E-state index contributed by atoms with van der Waals surface area (Å²) in [6.45, 7) is 2.75. The maximum absolute atomic E-state index is 13.7. The zero-order valence-electron chi connectivity index (χ0n) is 10.8. The summed E-state index contributed by atoms with van der Waals surface area (Å²) in [4.78, 5) is 11.9. The van der Waals surface area contributed by atoms with Gasteiger partial charge in [0, 0.05) is 12.6 Å². The number of halogens is 1. The largest absolute Gasteiger partial charge is 0.497 e. The van der Waals surface area contributed by atoms with Gasteiger partial charge in [0.15, 0.2) is 0 Å². The molecule has 1 N–H and O–H groups in total. The molecule has 0 aliphatic heterocycles. The highest BCUT2D eigenvalue weighted by atomic mass is 19.1.